The zero-order chi connectivity index (χ0) is 65.5. The van der Waals surface area contributed by atoms with Gasteiger partial charge in [-0.15, -0.1) is 0 Å². The van der Waals surface area contributed by atoms with Gasteiger partial charge in [0.15, 0.2) is 10.3 Å². The van der Waals surface area contributed by atoms with E-state index in [4.69, 9.17) is 56.4 Å². The molecule has 0 saturated carbocycles. The summed E-state index contributed by atoms with van der Waals surface area (Å²) in [6, 6.07) is 30.6. The number of carboxylic acids is 1. The van der Waals surface area contributed by atoms with Crippen molar-refractivity contribution in [1.82, 2.24) is 39.6 Å². The second-order valence-electron chi connectivity index (χ2n) is 26.4. The second-order valence-corrected chi connectivity index (χ2v) is 30.1. The van der Waals surface area contributed by atoms with Crippen LogP contribution in [0.25, 0.3) is 0 Å². The summed E-state index contributed by atoms with van der Waals surface area (Å²) in [6.07, 6.45) is 4.90. The summed E-state index contributed by atoms with van der Waals surface area (Å²) < 4.78 is 0. The molecule has 21 heteroatoms. The van der Waals surface area contributed by atoms with Crippen LogP contribution in [0.15, 0.2) is 128 Å². The van der Waals surface area contributed by atoms with E-state index in [0.717, 1.165) is 76.0 Å². The number of hydrogen-bond donors (Lipinski definition) is 2. The van der Waals surface area contributed by atoms with Gasteiger partial charge in [-0.1, -0.05) is 136 Å². The highest BCUT2D eigenvalue weighted by atomic mass is 35.5. The summed E-state index contributed by atoms with van der Waals surface area (Å²) in [6.45, 7) is 26.9. The number of piperazine rings is 2. The molecule has 2 N–H and O–H groups in total. The molecule has 8 aliphatic heterocycles. The Hall–Kier alpha value is -5.08. The molecule has 488 valence electrons. The number of likely N-dealkylation sites (tertiary alicyclic amines) is 2. The number of aliphatic imine (C=N–C) groups is 2. The highest BCUT2D eigenvalue weighted by molar-refractivity contribution is 8.18. The van der Waals surface area contributed by atoms with Gasteiger partial charge < -0.3 is 39.8 Å². The molecule has 0 radical (unpaired) electrons. The van der Waals surface area contributed by atoms with E-state index in [-0.39, 0.29) is 53.7 Å². The average molecular weight is 1360 g/mol. The summed E-state index contributed by atoms with van der Waals surface area (Å²) >= 11 is 27.9. The Bertz CT molecular complexity index is 3480. The van der Waals surface area contributed by atoms with Crippen molar-refractivity contribution in [3.05, 3.63) is 161 Å². The van der Waals surface area contributed by atoms with E-state index in [0.29, 0.717) is 68.3 Å². The molecule has 4 saturated heterocycles. The highest BCUT2D eigenvalue weighted by Crippen LogP contribution is 2.59. The lowest BCUT2D eigenvalue weighted by Crippen LogP contribution is -2.57. The monoisotopic (exact) mass is 1350 g/mol. The average Bonchev–Trinajstić information content (AvgIpc) is 1.57. The Kier molecular flexibility index (Phi) is 21.5. The molecule has 0 unspecified atom stereocenters. The molecular formula is C70H88Cl4N10O5S2. The number of thioether (sulfide) groups is 2. The lowest BCUT2D eigenvalue weighted by Gasteiger charge is -2.41. The predicted molar refractivity (Wildman–Crippen MR) is 373 cm³/mol. The summed E-state index contributed by atoms with van der Waals surface area (Å²) in [4.78, 5) is 81.1. The van der Waals surface area contributed by atoms with Crippen molar-refractivity contribution < 1.29 is 24.3 Å². The quantitative estimate of drug-likeness (QED) is 0.139. The third-order valence-electron chi connectivity index (χ3n) is 19.8. The van der Waals surface area contributed by atoms with Crippen molar-refractivity contribution in [3.8, 4) is 0 Å². The molecule has 4 aromatic rings. The minimum atomic E-state index is -0.959. The van der Waals surface area contributed by atoms with Gasteiger partial charge in [-0.3, -0.25) is 19.3 Å². The first kappa shape index (κ1) is 68.8. The lowest BCUT2D eigenvalue weighted by molar-refractivity contribution is -0.147. The number of hydrogen-bond acceptors (Lipinski definition) is 13. The fraction of sp³-hybridized carbons (Fsp3) is 0.514. The van der Waals surface area contributed by atoms with Crippen molar-refractivity contribution >= 4 is 104 Å². The number of fused-ring (bicyclic) bond motifs is 2. The van der Waals surface area contributed by atoms with Crippen LogP contribution in [0.4, 0.5) is 0 Å². The predicted octanol–water partition coefficient (Wildman–Crippen LogP) is 14.2. The molecule has 0 spiro atoms. The van der Waals surface area contributed by atoms with Crippen LogP contribution in [0.5, 0.6) is 0 Å². The molecule has 8 aliphatic rings. The normalized spacial score (nSPS) is 28.3. The van der Waals surface area contributed by atoms with Gasteiger partial charge in [0.1, 0.15) is 33.0 Å². The third kappa shape index (κ3) is 13.6. The number of halogens is 4. The van der Waals surface area contributed by atoms with Crippen LogP contribution in [-0.4, -0.2) is 163 Å². The number of carbonyl (C=O) groups is 4. The van der Waals surface area contributed by atoms with Crippen LogP contribution in [0.2, 0.25) is 20.1 Å². The van der Waals surface area contributed by atoms with Gasteiger partial charge in [-0.25, -0.2) is 14.8 Å². The van der Waals surface area contributed by atoms with Crippen LogP contribution in [-0.2, 0) is 30.3 Å². The maximum Gasteiger partial charge on any atom is 0.326 e. The van der Waals surface area contributed by atoms with Crippen molar-refractivity contribution in [2.75, 3.05) is 53.4 Å². The molecule has 8 heterocycles. The number of nitrogens with one attached hydrogen (secondary N) is 1. The maximum absolute atomic E-state index is 14.7. The van der Waals surface area contributed by atoms with Gasteiger partial charge in [0.25, 0.3) is 11.8 Å². The molecule has 12 rings (SSSR count). The Morgan fingerprint density at radius 3 is 1.36 bits per heavy atom. The molecule has 91 heavy (non-hydrogen) atoms. The van der Waals surface area contributed by atoms with Gasteiger partial charge in [0, 0.05) is 94.9 Å². The number of rotatable bonds is 12. The maximum atomic E-state index is 14.7. The Morgan fingerprint density at radius 2 is 0.978 bits per heavy atom. The van der Waals surface area contributed by atoms with Crippen molar-refractivity contribution in [3.63, 3.8) is 0 Å². The molecule has 3 amide bonds. The van der Waals surface area contributed by atoms with Crippen molar-refractivity contribution in [1.29, 1.82) is 0 Å². The summed E-state index contributed by atoms with van der Waals surface area (Å²) in [5, 5.41) is 17.3. The molecule has 0 bridgehead atoms. The molecule has 10 atom stereocenters. The first-order chi connectivity index (χ1) is 43.3. The first-order valence-corrected chi connectivity index (χ1v) is 35.4. The van der Waals surface area contributed by atoms with Gasteiger partial charge in [0.2, 0.25) is 5.91 Å². The summed E-state index contributed by atoms with van der Waals surface area (Å²) in [7, 11) is 4.33. The van der Waals surface area contributed by atoms with Crippen LogP contribution in [0.3, 0.4) is 0 Å². The van der Waals surface area contributed by atoms with Gasteiger partial charge in [-0.2, -0.15) is 0 Å². The Balaban J connectivity index is 0.000000178. The summed E-state index contributed by atoms with van der Waals surface area (Å²) in [5.41, 5.74) is 4.67. The number of allylic oxidation sites excluding steroid dienone is 2. The van der Waals surface area contributed by atoms with Crippen LogP contribution >= 0.6 is 69.9 Å². The number of carboxylic acid groups (broad SMARTS) is 1. The van der Waals surface area contributed by atoms with Gasteiger partial charge in [0.05, 0.1) is 12.1 Å². The molecule has 15 nitrogen and oxygen atoms in total. The first-order valence-electron chi connectivity index (χ1n) is 32.2. The van der Waals surface area contributed by atoms with Crippen molar-refractivity contribution in [2.45, 2.75) is 167 Å². The van der Waals surface area contributed by atoms with E-state index in [1.165, 1.54) is 43.0 Å². The van der Waals surface area contributed by atoms with Gasteiger partial charge in [-0.05, 0) is 186 Å². The third-order valence-corrected chi connectivity index (χ3v) is 22.9. The number of likely N-dealkylation sites (N-methyl/N-ethyl adjacent to an activating group) is 2. The topological polar surface area (TPSA) is 148 Å². The smallest absolute Gasteiger partial charge is 0.326 e. The molecular weight excluding hydrogens is 1270 g/mol. The molecule has 4 fully saturated rings. The lowest BCUT2D eigenvalue weighted by atomic mass is 9.81. The standard InChI is InChI=1S/C35H43Cl2N5O2S.C28H29Cl2N3O3S.C7H16N2/c1-7-27-20-40(19-18-39(27)6)32(43)28-17-8-22(4)41(28)33(44)30-29(21(2)3)42-31(23-9-13-25(36)14-10-23)35(5,38-34(42)45-30)24-11-15-26(37)16-12-24;1-15(2)22-23(25(34)32-16(3)5-14-21(32)26(35)36)37-27-31-28(4,18-8-12-20(30)13-9-18)24(33(22)27)17-6-10-19(29)11-7-17;1-3-7-6-8-4-5-9(7)2/h9-16,21-22,27-28,31H,7-8,17-20H2,1-6H3;6-13,15-16,21,24H,5,14H2,1-4H3,(H,35,36);7-8H,3-6H2,1-2H3/t22-,27+,28+,31-,35+;16-,21+,24-,28+;7-/m110/s1. The van der Waals surface area contributed by atoms with Crippen LogP contribution in [0.1, 0.15) is 142 Å². The van der Waals surface area contributed by atoms with E-state index < -0.39 is 29.1 Å². The number of nitrogens with zero attached hydrogens (tertiary/aromatic N) is 9. The largest absolute Gasteiger partial charge is 0.480 e. The number of amides is 3. The molecule has 0 aliphatic carbocycles. The second kappa shape index (κ2) is 28.5. The van der Waals surface area contributed by atoms with E-state index in [2.05, 4.69) is 113 Å². The Morgan fingerprint density at radius 1 is 0.582 bits per heavy atom. The van der Waals surface area contributed by atoms with E-state index in [9.17, 15) is 24.3 Å². The molecule has 4 aromatic carbocycles. The van der Waals surface area contributed by atoms with Crippen LogP contribution < -0.4 is 5.32 Å². The van der Waals surface area contributed by atoms with E-state index >= 15 is 0 Å². The fourth-order valence-electron chi connectivity index (χ4n) is 14.6. The van der Waals surface area contributed by atoms with Crippen molar-refractivity contribution in [2.24, 2.45) is 21.8 Å². The minimum Gasteiger partial charge on any atom is -0.480 e. The SMILES string of the molecule is CC(C)C1=C(C(=O)N2[C@H](C)CC[C@H]2C(=O)O)SC2=N[C@@](C)(c3ccc(Cl)cc3)[C@@H](c3ccc(Cl)cc3)N21.CC[C@H]1CN(C(=O)[C@@H]2CC[C@@H](C)N2C(=O)C2=C(C(C)C)N3C(=N[C@@](C)(c4ccc(Cl)cc4)[C@H]3c3ccc(Cl)cc3)S2)CCN1C.CC[C@H]1CNCCN1C. The van der Waals surface area contributed by atoms with Crippen LogP contribution in [0, 0.1) is 11.8 Å². The number of amidine groups is 2. The highest BCUT2D eigenvalue weighted by Gasteiger charge is 2.57. The van der Waals surface area contributed by atoms with Gasteiger partial charge >= 0.3 is 5.97 Å². The van der Waals surface area contributed by atoms with E-state index in [1.807, 2.05) is 102 Å². The zero-order valence-corrected chi connectivity index (χ0v) is 59.1. The number of carbonyl (C=O) groups excluding carboxylic acids is 3. The summed E-state index contributed by atoms with van der Waals surface area (Å²) in [5.74, 6) is -1.12. The van der Waals surface area contributed by atoms with E-state index in [1.54, 1.807) is 4.90 Å². The zero-order valence-electron chi connectivity index (χ0n) is 54.4. The number of benzene rings is 4. The fourth-order valence-corrected chi connectivity index (χ4v) is 17.8. The molecule has 0 aromatic heterocycles. The minimum absolute atomic E-state index is 0.00250. The Labute approximate surface area is 567 Å². The number of aliphatic carboxylic acids is 1.